The van der Waals surface area contributed by atoms with Gasteiger partial charge in [-0.15, -0.1) is 0 Å². The number of hydrogen-bond donors (Lipinski definition) is 0. The Balaban J connectivity index is 1.81. The summed E-state index contributed by atoms with van der Waals surface area (Å²) in [6, 6.07) is 25.5. The smallest absolute Gasteiger partial charge is 0.118 e. The van der Waals surface area contributed by atoms with Crippen LogP contribution in [0.2, 0.25) is 0 Å². The van der Waals surface area contributed by atoms with Gasteiger partial charge in [0.2, 0.25) is 0 Å². The zero-order valence-electron chi connectivity index (χ0n) is 17.4. The van der Waals surface area contributed by atoms with Crippen molar-refractivity contribution < 1.29 is 4.74 Å². The molecule has 0 amide bonds. The van der Waals surface area contributed by atoms with Crippen molar-refractivity contribution in [3.63, 3.8) is 0 Å². The standard InChI is InChI=1S/C26H26N2O/c1-18-5-11-22(12-6-18)25-20(3)26(23-13-7-19(2)8-14-23)28(27-25)17-21-9-15-24(29-4)16-10-21/h5-16H,17H2,1-4H3. The van der Waals surface area contributed by atoms with Crippen LogP contribution in [0, 0.1) is 20.8 Å². The molecule has 0 aliphatic heterocycles. The molecule has 0 saturated heterocycles. The van der Waals surface area contributed by atoms with E-state index in [1.165, 1.54) is 27.8 Å². The quantitative estimate of drug-likeness (QED) is 0.411. The number of ether oxygens (including phenoxy) is 1. The van der Waals surface area contributed by atoms with Gasteiger partial charge < -0.3 is 4.74 Å². The molecule has 1 heterocycles. The third-order valence-corrected chi connectivity index (χ3v) is 5.33. The van der Waals surface area contributed by atoms with Crippen molar-refractivity contribution >= 4 is 0 Å². The Bertz CT molecular complexity index is 1110. The molecule has 3 heteroatoms. The van der Waals surface area contributed by atoms with Crippen molar-refractivity contribution in [3.8, 4) is 28.3 Å². The monoisotopic (exact) mass is 382 g/mol. The van der Waals surface area contributed by atoms with Crippen molar-refractivity contribution in [2.45, 2.75) is 27.3 Å². The van der Waals surface area contributed by atoms with Crippen LogP contribution in [0.25, 0.3) is 22.5 Å². The first kappa shape index (κ1) is 19.0. The molecular weight excluding hydrogens is 356 g/mol. The van der Waals surface area contributed by atoms with Crippen LogP contribution in [-0.4, -0.2) is 16.9 Å². The summed E-state index contributed by atoms with van der Waals surface area (Å²) in [6.07, 6.45) is 0. The van der Waals surface area contributed by atoms with Crippen molar-refractivity contribution in [3.05, 3.63) is 95.1 Å². The second-order valence-electron chi connectivity index (χ2n) is 7.56. The minimum absolute atomic E-state index is 0.708. The summed E-state index contributed by atoms with van der Waals surface area (Å²) in [7, 11) is 1.69. The van der Waals surface area contributed by atoms with E-state index >= 15 is 0 Å². The van der Waals surface area contributed by atoms with Crippen molar-refractivity contribution in [2.75, 3.05) is 7.11 Å². The third kappa shape index (κ3) is 3.95. The van der Waals surface area contributed by atoms with Gasteiger partial charge in [0.1, 0.15) is 5.75 Å². The Morgan fingerprint density at radius 3 is 1.83 bits per heavy atom. The average Bonchev–Trinajstić information content (AvgIpc) is 3.06. The van der Waals surface area contributed by atoms with Crippen LogP contribution in [0.3, 0.4) is 0 Å². The van der Waals surface area contributed by atoms with E-state index < -0.39 is 0 Å². The molecule has 4 aromatic rings. The number of methoxy groups -OCH3 is 1. The summed E-state index contributed by atoms with van der Waals surface area (Å²) < 4.78 is 7.41. The molecular formula is C26H26N2O. The second kappa shape index (κ2) is 7.96. The van der Waals surface area contributed by atoms with Crippen LogP contribution in [0.4, 0.5) is 0 Å². The fourth-order valence-corrected chi connectivity index (χ4v) is 3.63. The van der Waals surface area contributed by atoms with E-state index in [-0.39, 0.29) is 0 Å². The van der Waals surface area contributed by atoms with E-state index in [4.69, 9.17) is 9.84 Å². The van der Waals surface area contributed by atoms with E-state index in [1.54, 1.807) is 7.11 Å². The molecule has 146 valence electrons. The largest absolute Gasteiger partial charge is 0.497 e. The minimum Gasteiger partial charge on any atom is -0.497 e. The summed E-state index contributed by atoms with van der Waals surface area (Å²) in [5.41, 5.74) is 9.44. The van der Waals surface area contributed by atoms with Gasteiger partial charge in [-0.1, -0.05) is 71.8 Å². The Morgan fingerprint density at radius 1 is 0.724 bits per heavy atom. The molecule has 0 fully saturated rings. The Labute approximate surface area is 172 Å². The molecule has 0 aliphatic carbocycles. The van der Waals surface area contributed by atoms with Crippen LogP contribution in [-0.2, 0) is 6.54 Å². The molecule has 3 aromatic carbocycles. The predicted molar refractivity (Wildman–Crippen MR) is 119 cm³/mol. The van der Waals surface area contributed by atoms with Crippen molar-refractivity contribution in [1.82, 2.24) is 9.78 Å². The molecule has 0 N–H and O–H groups in total. The molecule has 0 bridgehead atoms. The number of aromatic nitrogens is 2. The zero-order valence-corrected chi connectivity index (χ0v) is 17.4. The molecule has 1 aromatic heterocycles. The molecule has 4 rings (SSSR count). The van der Waals surface area contributed by atoms with Gasteiger partial charge in [-0.3, -0.25) is 4.68 Å². The molecule has 0 spiro atoms. The average molecular weight is 383 g/mol. The highest BCUT2D eigenvalue weighted by atomic mass is 16.5. The second-order valence-corrected chi connectivity index (χ2v) is 7.56. The summed E-state index contributed by atoms with van der Waals surface area (Å²) in [5, 5.41) is 5.03. The lowest BCUT2D eigenvalue weighted by Gasteiger charge is -2.10. The molecule has 29 heavy (non-hydrogen) atoms. The van der Waals surface area contributed by atoms with Gasteiger partial charge in [0.05, 0.1) is 25.0 Å². The molecule has 0 saturated carbocycles. The maximum Gasteiger partial charge on any atom is 0.118 e. The fourth-order valence-electron chi connectivity index (χ4n) is 3.63. The van der Waals surface area contributed by atoms with Gasteiger partial charge >= 0.3 is 0 Å². The number of aryl methyl sites for hydroxylation is 2. The highest BCUT2D eigenvalue weighted by molar-refractivity contribution is 5.74. The van der Waals surface area contributed by atoms with Crippen LogP contribution < -0.4 is 4.74 Å². The molecule has 0 radical (unpaired) electrons. The topological polar surface area (TPSA) is 27.1 Å². The minimum atomic E-state index is 0.708. The van der Waals surface area contributed by atoms with Crippen molar-refractivity contribution in [2.24, 2.45) is 0 Å². The number of hydrogen-bond acceptors (Lipinski definition) is 2. The first-order valence-corrected chi connectivity index (χ1v) is 9.89. The van der Waals surface area contributed by atoms with E-state index in [0.717, 1.165) is 22.7 Å². The lowest BCUT2D eigenvalue weighted by Crippen LogP contribution is -2.04. The zero-order chi connectivity index (χ0) is 20.4. The van der Waals surface area contributed by atoms with E-state index in [2.05, 4.69) is 86.1 Å². The summed E-state index contributed by atoms with van der Waals surface area (Å²) in [6.45, 7) is 7.10. The van der Waals surface area contributed by atoms with Gasteiger partial charge in [0, 0.05) is 16.7 Å². The maximum absolute atomic E-state index is 5.29. The maximum atomic E-state index is 5.29. The van der Waals surface area contributed by atoms with Gasteiger partial charge in [-0.2, -0.15) is 5.10 Å². The Hall–Kier alpha value is -3.33. The Morgan fingerprint density at radius 2 is 1.28 bits per heavy atom. The highest BCUT2D eigenvalue weighted by Gasteiger charge is 2.17. The summed E-state index contributed by atoms with van der Waals surface area (Å²) in [5.74, 6) is 0.865. The third-order valence-electron chi connectivity index (χ3n) is 5.33. The first-order chi connectivity index (χ1) is 14.0. The molecule has 0 unspecified atom stereocenters. The van der Waals surface area contributed by atoms with Gasteiger partial charge in [0.25, 0.3) is 0 Å². The van der Waals surface area contributed by atoms with E-state index in [1.807, 2.05) is 12.1 Å². The predicted octanol–water partition coefficient (Wildman–Crippen LogP) is 6.20. The van der Waals surface area contributed by atoms with Crippen LogP contribution in [0.15, 0.2) is 72.8 Å². The Kier molecular flexibility index (Phi) is 5.22. The van der Waals surface area contributed by atoms with E-state index in [9.17, 15) is 0 Å². The van der Waals surface area contributed by atoms with Crippen LogP contribution >= 0.6 is 0 Å². The molecule has 0 atom stereocenters. The highest BCUT2D eigenvalue weighted by Crippen LogP contribution is 2.32. The van der Waals surface area contributed by atoms with Crippen molar-refractivity contribution in [1.29, 1.82) is 0 Å². The first-order valence-electron chi connectivity index (χ1n) is 9.89. The number of rotatable bonds is 5. The van der Waals surface area contributed by atoms with Gasteiger partial charge in [-0.25, -0.2) is 0 Å². The van der Waals surface area contributed by atoms with Crippen LogP contribution in [0.5, 0.6) is 5.75 Å². The van der Waals surface area contributed by atoms with Crippen LogP contribution in [0.1, 0.15) is 22.3 Å². The van der Waals surface area contributed by atoms with Gasteiger partial charge in [-0.05, 0) is 38.5 Å². The van der Waals surface area contributed by atoms with Gasteiger partial charge in [0.15, 0.2) is 0 Å². The SMILES string of the molecule is COc1ccc(Cn2nc(-c3ccc(C)cc3)c(C)c2-c2ccc(C)cc2)cc1. The normalized spacial score (nSPS) is 10.9. The number of nitrogens with zero attached hydrogens (tertiary/aromatic N) is 2. The molecule has 3 nitrogen and oxygen atoms in total. The summed E-state index contributed by atoms with van der Waals surface area (Å²) >= 11 is 0. The lowest BCUT2D eigenvalue weighted by molar-refractivity contribution is 0.414. The molecule has 0 aliphatic rings. The van der Waals surface area contributed by atoms with E-state index in [0.29, 0.717) is 6.54 Å². The fraction of sp³-hybridized carbons (Fsp3) is 0.192. The summed E-state index contributed by atoms with van der Waals surface area (Å²) in [4.78, 5) is 0. The lowest BCUT2D eigenvalue weighted by atomic mass is 10.0. The number of benzene rings is 3.